The predicted molar refractivity (Wildman–Crippen MR) is 81.0 cm³/mol. The molecule has 1 saturated heterocycles. The largest absolute Gasteiger partial charge is 0.470 e. The molecule has 5 heteroatoms. The van der Waals surface area contributed by atoms with Crippen molar-refractivity contribution in [3.8, 4) is 5.88 Å². The van der Waals surface area contributed by atoms with Crippen molar-refractivity contribution in [3.05, 3.63) is 12.1 Å². The highest BCUT2D eigenvalue weighted by molar-refractivity contribution is 5.55. The number of nitrogen functional groups attached to an aromatic ring is 1. The standard InChI is InChI=1S/C15H25N3O2/c1-10-9-18(8-7-12(10)19)13-6-5-11(16)14(17-13)20-15(2,3)4/h5-6,10,12,19H,7-9,16H2,1-4H3. The Morgan fingerprint density at radius 3 is 2.70 bits per heavy atom. The fourth-order valence-corrected chi connectivity index (χ4v) is 2.33. The maximum atomic E-state index is 9.80. The third-order valence-corrected chi connectivity index (χ3v) is 3.46. The Balaban J connectivity index is 2.19. The van der Waals surface area contributed by atoms with Crippen molar-refractivity contribution in [1.29, 1.82) is 0 Å². The summed E-state index contributed by atoms with van der Waals surface area (Å²) < 4.78 is 5.80. The summed E-state index contributed by atoms with van der Waals surface area (Å²) in [6, 6.07) is 3.74. The second-order valence-corrected chi connectivity index (χ2v) is 6.56. The number of aliphatic hydroxyl groups is 1. The molecule has 0 spiro atoms. The topological polar surface area (TPSA) is 71.6 Å². The summed E-state index contributed by atoms with van der Waals surface area (Å²) in [7, 11) is 0. The number of aromatic nitrogens is 1. The molecule has 1 fully saturated rings. The lowest BCUT2D eigenvalue weighted by Crippen LogP contribution is -2.42. The lowest BCUT2D eigenvalue weighted by molar-refractivity contribution is 0.0966. The Morgan fingerprint density at radius 1 is 1.40 bits per heavy atom. The second-order valence-electron chi connectivity index (χ2n) is 6.56. The highest BCUT2D eigenvalue weighted by Gasteiger charge is 2.25. The molecule has 1 aromatic rings. The molecule has 0 aromatic carbocycles. The Labute approximate surface area is 120 Å². The van der Waals surface area contributed by atoms with Crippen molar-refractivity contribution >= 4 is 11.5 Å². The molecular formula is C15H25N3O2. The molecule has 2 rings (SSSR count). The molecular weight excluding hydrogens is 254 g/mol. The summed E-state index contributed by atoms with van der Waals surface area (Å²) in [5.74, 6) is 1.58. The number of nitrogens with zero attached hydrogens (tertiary/aromatic N) is 2. The van der Waals surface area contributed by atoms with Gasteiger partial charge in [0, 0.05) is 13.1 Å². The van der Waals surface area contributed by atoms with Crippen LogP contribution >= 0.6 is 0 Å². The number of nitrogens with two attached hydrogens (primary N) is 1. The number of rotatable bonds is 2. The fraction of sp³-hybridized carbons (Fsp3) is 0.667. The second kappa shape index (κ2) is 5.48. The molecule has 2 atom stereocenters. The van der Waals surface area contributed by atoms with E-state index in [1.807, 2.05) is 32.9 Å². The van der Waals surface area contributed by atoms with Gasteiger partial charge in [0.2, 0.25) is 5.88 Å². The maximum Gasteiger partial charge on any atom is 0.239 e. The number of ether oxygens (including phenoxy) is 1. The zero-order chi connectivity index (χ0) is 14.9. The molecule has 0 aliphatic carbocycles. The van der Waals surface area contributed by atoms with Gasteiger partial charge >= 0.3 is 0 Å². The molecule has 20 heavy (non-hydrogen) atoms. The van der Waals surface area contributed by atoms with Crippen molar-refractivity contribution < 1.29 is 9.84 Å². The van der Waals surface area contributed by atoms with Crippen LogP contribution in [-0.4, -0.2) is 34.9 Å². The number of pyridine rings is 1. The smallest absolute Gasteiger partial charge is 0.239 e. The number of piperidine rings is 1. The van der Waals surface area contributed by atoms with Gasteiger partial charge in [-0.15, -0.1) is 0 Å². The van der Waals surface area contributed by atoms with E-state index in [0.29, 0.717) is 11.6 Å². The summed E-state index contributed by atoms with van der Waals surface area (Å²) in [5, 5.41) is 9.80. The van der Waals surface area contributed by atoms with Crippen molar-refractivity contribution in [1.82, 2.24) is 4.98 Å². The zero-order valence-electron chi connectivity index (χ0n) is 12.8. The Hall–Kier alpha value is -1.49. The van der Waals surface area contributed by atoms with Crippen LogP contribution in [0.5, 0.6) is 5.88 Å². The molecule has 112 valence electrons. The quantitative estimate of drug-likeness (QED) is 0.867. The highest BCUT2D eigenvalue weighted by Crippen LogP contribution is 2.28. The number of hydrogen-bond donors (Lipinski definition) is 2. The van der Waals surface area contributed by atoms with Crippen LogP contribution in [0.25, 0.3) is 0 Å². The van der Waals surface area contributed by atoms with Gasteiger partial charge < -0.3 is 20.5 Å². The average Bonchev–Trinajstić information content (AvgIpc) is 2.34. The molecule has 0 saturated carbocycles. The van der Waals surface area contributed by atoms with Crippen LogP contribution in [0.15, 0.2) is 12.1 Å². The third kappa shape index (κ3) is 3.54. The molecule has 3 N–H and O–H groups in total. The monoisotopic (exact) mass is 279 g/mol. The summed E-state index contributed by atoms with van der Waals surface area (Å²) in [6.45, 7) is 9.57. The molecule has 5 nitrogen and oxygen atoms in total. The number of anilines is 2. The number of hydrogen-bond acceptors (Lipinski definition) is 5. The van der Waals surface area contributed by atoms with Crippen molar-refractivity contribution in [2.24, 2.45) is 5.92 Å². The molecule has 1 aliphatic rings. The Bertz CT molecular complexity index is 471. The molecule has 1 aliphatic heterocycles. The normalized spacial score (nSPS) is 23.8. The van der Waals surface area contributed by atoms with Crippen LogP contribution in [0.2, 0.25) is 0 Å². The van der Waals surface area contributed by atoms with Gasteiger partial charge in [0.05, 0.1) is 11.8 Å². The van der Waals surface area contributed by atoms with Crippen molar-refractivity contribution in [2.75, 3.05) is 23.7 Å². The molecule has 2 unspecified atom stereocenters. The van der Waals surface area contributed by atoms with Gasteiger partial charge in [0.25, 0.3) is 0 Å². The maximum absolute atomic E-state index is 9.80. The Morgan fingerprint density at radius 2 is 2.10 bits per heavy atom. The minimum atomic E-state index is -0.328. The van der Waals surface area contributed by atoms with Gasteiger partial charge in [0.15, 0.2) is 0 Å². The van der Waals surface area contributed by atoms with E-state index in [1.165, 1.54) is 0 Å². The minimum absolute atomic E-state index is 0.217. The number of aliphatic hydroxyl groups excluding tert-OH is 1. The molecule has 0 radical (unpaired) electrons. The summed E-state index contributed by atoms with van der Waals surface area (Å²) in [4.78, 5) is 6.71. The van der Waals surface area contributed by atoms with Crippen LogP contribution in [0, 0.1) is 5.92 Å². The zero-order valence-corrected chi connectivity index (χ0v) is 12.8. The third-order valence-electron chi connectivity index (χ3n) is 3.46. The first-order valence-electron chi connectivity index (χ1n) is 7.15. The molecule has 0 amide bonds. The van der Waals surface area contributed by atoms with E-state index < -0.39 is 0 Å². The van der Waals surface area contributed by atoms with Crippen LogP contribution in [0.1, 0.15) is 34.1 Å². The van der Waals surface area contributed by atoms with E-state index in [-0.39, 0.29) is 17.6 Å². The van der Waals surface area contributed by atoms with Gasteiger partial charge in [-0.05, 0) is 45.2 Å². The first-order valence-corrected chi connectivity index (χ1v) is 7.15. The Kier molecular flexibility index (Phi) is 4.09. The van der Waals surface area contributed by atoms with Crippen LogP contribution in [0.4, 0.5) is 11.5 Å². The van der Waals surface area contributed by atoms with Crippen LogP contribution < -0.4 is 15.4 Å². The van der Waals surface area contributed by atoms with E-state index in [4.69, 9.17) is 10.5 Å². The van der Waals surface area contributed by atoms with Crippen LogP contribution in [0.3, 0.4) is 0 Å². The van der Waals surface area contributed by atoms with Crippen LogP contribution in [-0.2, 0) is 0 Å². The van der Waals surface area contributed by atoms with Gasteiger partial charge in [-0.2, -0.15) is 4.98 Å². The first kappa shape index (κ1) is 14.9. The predicted octanol–water partition coefficient (Wildman–Crippen LogP) is 2.05. The van der Waals surface area contributed by atoms with Crippen molar-refractivity contribution in [3.63, 3.8) is 0 Å². The van der Waals surface area contributed by atoms with E-state index in [9.17, 15) is 5.11 Å². The SMILES string of the molecule is CC1CN(c2ccc(N)c(OC(C)(C)C)n2)CCC1O. The fourth-order valence-electron chi connectivity index (χ4n) is 2.33. The summed E-state index contributed by atoms with van der Waals surface area (Å²) in [6.07, 6.45) is 0.549. The molecule has 0 bridgehead atoms. The minimum Gasteiger partial charge on any atom is -0.470 e. The molecule has 1 aromatic heterocycles. The lowest BCUT2D eigenvalue weighted by atomic mass is 9.97. The van der Waals surface area contributed by atoms with E-state index in [2.05, 4.69) is 16.8 Å². The van der Waals surface area contributed by atoms with Gasteiger partial charge in [0.1, 0.15) is 11.4 Å². The van der Waals surface area contributed by atoms with Gasteiger partial charge in [-0.3, -0.25) is 0 Å². The van der Waals surface area contributed by atoms with E-state index >= 15 is 0 Å². The van der Waals surface area contributed by atoms with E-state index in [0.717, 1.165) is 25.3 Å². The highest BCUT2D eigenvalue weighted by atomic mass is 16.5. The lowest BCUT2D eigenvalue weighted by Gasteiger charge is -2.35. The van der Waals surface area contributed by atoms with Crippen molar-refractivity contribution in [2.45, 2.75) is 45.8 Å². The van der Waals surface area contributed by atoms with E-state index in [1.54, 1.807) is 0 Å². The first-order chi connectivity index (χ1) is 9.26. The average molecular weight is 279 g/mol. The summed E-state index contributed by atoms with van der Waals surface area (Å²) >= 11 is 0. The summed E-state index contributed by atoms with van der Waals surface area (Å²) in [5.41, 5.74) is 6.15. The van der Waals surface area contributed by atoms with Gasteiger partial charge in [-0.25, -0.2) is 0 Å². The molecule has 2 heterocycles. The van der Waals surface area contributed by atoms with Gasteiger partial charge in [-0.1, -0.05) is 6.92 Å².